The summed E-state index contributed by atoms with van der Waals surface area (Å²) in [6.07, 6.45) is 0. The highest BCUT2D eigenvalue weighted by Crippen LogP contribution is 2.19. The highest BCUT2D eigenvalue weighted by atomic mass is 32.1. The van der Waals surface area contributed by atoms with Crippen molar-refractivity contribution >= 4 is 45.4 Å². The number of furan rings is 1. The number of fused-ring (bicyclic) bond motifs is 1. The number of nitro groups is 1. The van der Waals surface area contributed by atoms with Gasteiger partial charge in [0.15, 0.2) is 10.9 Å². The molecular formula is C17H14N4O3S. The number of non-ortho nitro benzene ring substituents is 1. The maximum Gasteiger partial charge on any atom is 0.271 e. The van der Waals surface area contributed by atoms with Crippen molar-refractivity contribution in [2.24, 2.45) is 5.10 Å². The Labute approximate surface area is 148 Å². The Bertz CT molecular complexity index is 948. The largest absolute Gasteiger partial charge is 0.455 e. The molecule has 1 heterocycles. The van der Waals surface area contributed by atoms with E-state index in [2.05, 4.69) is 15.8 Å². The van der Waals surface area contributed by atoms with Gasteiger partial charge in [-0.2, -0.15) is 5.10 Å². The number of rotatable bonds is 4. The molecule has 0 aliphatic heterocycles. The van der Waals surface area contributed by atoms with Gasteiger partial charge in [-0.25, -0.2) is 0 Å². The number of hydrogen-bond donors (Lipinski definition) is 2. The lowest BCUT2D eigenvalue weighted by molar-refractivity contribution is -0.384. The molecule has 0 atom stereocenters. The van der Waals surface area contributed by atoms with Gasteiger partial charge in [0, 0.05) is 23.2 Å². The number of nitrogens with zero attached hydrogens (tertiary/aromatic N) is 2. The number of para-hydroxylation sites is 1. The van der Waals surface area contributed by atoms with E-state index in [0.29, 0.717) is 17.2 Å². The summed E-state index contributed by atoms with van der Waals surface area (Å²) in [4.78, 5) is 10.3. The lowest BCUT2D eigenvalue weighted by Gasteiger charge is -2.07. The van der Waals surface area contributed by atoms with Crippen molar-refractivity contribution in [2.75, 3.05) is 5.32 Å². The number of hydrogen-bond acceptors (Lipinski definition) is 5. The molecule has 0 bridgehead atoms. The van der Waals surface area contributed by atoms with Crippen molar-refractivity contribution in [3.05, 3.63) is 70.5 Å². The molecule has 0 spiro atoms. The Balaban J connectivity index is 1.67. The topological polar surface area (TPSA) is 92.7 Å². The van der Waals surface area contributed by atoms with E-state index in [0.717, 1.165) is 11.0 Å². The number of nitro benzene ring substituents is 1. The molecule has 0 unspecified atom stereocenters. The van der Waals surface area contributed by atoms with Crippen molar-refractivity contribution in [1.29, 1.82) is 0 Å². The van der Waals surface area contributed by atoms with Crippen molar-refractivity contribution in [3.8, 4) is 0 Å². The molecule has 0 saturated heterocycles. The molecule has 0 fully saturated rings. The fraction of sp³-hybridized carbons (Fsp3) is 0.0588. The summed E-state index contributed by atoms with van der Waals surface area (Å²) in [7, 11) is 0. The van der Waals surface area contributed by atoms with Gasteiger partial charge in [-0.1, -0.05) is 24.3 Å². The summed E-state index contributed by atoms with van der Waals surface area (Å²) < 4.78 is 5.71. The van der Waals surface area contributed by atoms with Gasteiger partial charge in [0.25, 0.3) is 5.69 Å². The zero-order chi connectivity index (χ0) is 17.8. The van der Waals surface area contributed by atoms with Crippen molar-refractivity contribution in [3.63, 3.8) is 0 Å². The van der Waals surface area contributed by atoms with Crippen LogP contribution in [0.3, 0.4) is 0 Å². The van der Waals surface area contributed by atoms with Gasteiger partial charge in [-0.05, 0) is 37.3 Å². The van der Waals surface area contributed by atoms with Gasteiger partial charge in [-0.3, -0.25) is 15.5 Å². The number of anilines is 1. The van der Waals surface area contributed by atoms with E-state index in [1.165, 1.54) is 12.1 Å². The van der Waals surface area contributed by atoms with Crippen LogP contribution in [0.2, 0.25) is 0 Å². The second kappa shape index (κ2) is 7.10. The minimum atomic E-state index is -0.467. The Morgan fingerprint density at radius 3 is 2.76 bits per heavy atom. The first kappa shape index (κ1) is 16.6. The third-order valence-electron chi connectivity index (χ3n) is 3.42. The van der Waals surface area contributed by atoms with E-state index in [1.54, 1.807) is 19.1 Å². The van der Waals surface area contributed by atoms with Gasteiger partial charge in [0.05, 0.1) is 4.92 Å². The van der Waals surface area contributed by atoms with E-state index in [-0.39, 0.29) is 10.8 Å². The molecule has 126 valence electrons. The molecule has 0 saturated carbocycles. The molecule has 0 amide bonds. The zero-order valence-electron chi connectivity index (χ0n) is 13.2. The van der Waals surface area contributed by atoms with Crippen LogP contribution >= 0.6 is 12.2 Å². The molecule has 7 nitrogen and oxygen atoms in total. The smallest absolute Gasteiger partial charge is 0.271 e. The fourth-order valence-electron chi connectivity index (χ4n) is 2.21. The quantitative estimate of drug-likeness (QED) is 0.318. The molecule has 0 aliphatic carbocycles. The molecule has 2 aromatic carbocycles. The molecular weight excluding hydrogens is 340 g/mol. The molecule has 3 rings (SSSR count). The first-order valence-electron chi connectivity index (χ1n) is 7.37. The van der Waals surface area contributed by atoms with Gasteiger partial charge < -0.3 is 9.73 Å². The predicted octanol–water partition coefficient (Wildman–Crippen LogP) is 4.05. The van der Waals surface area contributed by atoms with Gasteiger partial charge >= 0.3 is 0 Å². The normalized spacial score (nSPS) is 11.3. The number of nitrogens with one attached hydrogen (secondary N) is 2. The second-order valence-electron chi connectivity index (χ2n) is 5.22. The molecule has 1 aromatic heterocycles. The highest BCUT2D eigenvalue weighted by Gasteiger charge is 2.08. The summed E-state index contributed by atoms with van der Waals surface area (Å²) in [6, 6.07) is 15.6. The van der Waals surface area contributed by atoms with Gasteiger partial charge in [0.2, 0.25) is 0 Å². The highest BCUT2D eigenvalue weighted by molar-refractivity contribution is 7.80. The van der Waals surface area contributed by atoms with Gasteiger partial charge in [-0.15, -0.1) is 0 Å². The minimum absolute atomic E-state index is 0.0187. The number of thiocarbonyl (C=S) groups is 1. The molecule has 8 heteroatoms. The maximum atomic E-state index is 10.8. The molecule has 25 heavy (non-hydrogen) atoms. The second-order valence-corrected chi connectivity index (χ2v) is 5.63. The molecule has 0 aliphatic rings. The Hall–Kier alpha value is -3.26. The van der Waals surface area contributed by atoms with Crippen LogP contribution in [-0.2, 0) is 0 Å². The summed E-state index contributed by atoms with van der Waals surface area (Å²) in [6.45, 7) is 1.79. The van der Waals surface area contributed by atoms with Crippen LogP contribution in [0.5, 0.6) is 0 Å². The van der Waals surface area contributed by atoms with E-state index < -0.39 is 4.92 Å². The standard InChI is InChI=1S/C17H14N4O3S/c1-11(16-9-12-5-2-3-8-15(12)24-16)19-20-17(25)18-13-6-4-7-14(10-13)21(22)23/h2-10H,1H3,(H2,18,20,25)/b19-11+. The zero-order valence-corrected chi connectivity index (χ0v) is 14.0. The monoisotopic (exact) mass is 354 g/mol. The summed E-state index contributed by atoms with van der Waals surface area (Å²) in [5.41, 5.74) is 4.59. The fourth-order valence-corrected chi connectivity index (χ4v) is 2.37. The van der Waals surface area contributed by atoms with E-state index >= 15 is 0 Å². The Kier molecular flexibility index (Phi) is 4.71. The maximum absolute atomic E-state index is 10.8. The minimum Gasteiger partial charge on any atom is -0.455 e. The average molecular weight is 354 g/mol. The summed E-state index contributed by atoms with van der Waals surface area (Å²) in [5, 5.41) is 19.0. The first-order chi connectivity index (χ1) is 12.0. The SMILES string of the molecule is C/C(=N\NC(=S)Nc1cccc([N+](=O)[O-])c1)c1cc2ccccc2o1. The van der Waals surface area contributed by atoms with E-state index in [9.17, 15) is 10.1 Å². The van der Waals surface area contributed by atoms with Crippen LogP contribution in [0.15, 0.2) is 64.1 Å². The summed E-state index contributed by atoms with van der Waals surface area (Å²) in [5.74, 6) is 0.631. The Morgan fingerprint density at radius 2 is 2.00 bits per heavy atom. The average Bonchev–Trinajstić information content (AvgIpc) is 3.04. The van der Waals surface area contributed by atoms with Crippen molar-refractivity contribution in [2.45, 2.75) is 6.92 Å². The summed E-state index contributed by atoms with van der Waals surface area (Å²) >= 11 is 5.15. The molecule has 3 aromatic rings. The van der Waals surface area contributed by atoms with Crippen LogP contribution in [0.4, 0.5) is 11.4 Å². The van der Waals surface area contributed by atoms with E-state index in [4.69, 9.17) is 16.6 Å². The third kappa shape index (κ3) is 3.99. The lowest BCUT2D eigenvalue weighted by atomic mass is 10.2. The van der Waals surface area contributed by atoms with Crippen LogP contribution in [0.1, 0.15) is 12.7 Å². The van der Waals surface area contributed by atoms with Crippen molar-refractivity contribution in [1.82, 2.24) is 5.43 Å². The number of benzene rings is 2. The van der Waals surface area contributed by atoms with Crippen LogP contribution in [0.25, 0.3) is 11.0 Å². The van der Waals surface area contributed by atoms with Crippen LogP contribution < -0.4 is 10.7 Å². The molecule has 0 radical (unpaired) electrons. The van der Waals surface area contributed by atoms with Crippen LogP contribution in [0, 0.1) is 10.1 Å². The number of hydrazone groups is 1. The van der Waals surface area contributed by atoms with Crippen LogP contribution in [-0.4, -0.2) is 15.7 Å². The first-order valence-corrected chi connectivity index (χ1v) is 7.78. The van der Waals surface area contributed by atoms with Crippen molar-refractivity contribution < 1.29 is 9.34 Å². The Morgan fingerprint density at radius 1 is 1.20 bits per heavy atom. The van der Waals surface area contributed by atoms with Gasteiger partial charge in [0.1, 0.15) is 11.3 Å². The molecule has 2 N–H and O–H groups in total. The third-order valence-corrected chi connectivity index (χ3v) is 3.62. The lowest BCUT2D eigenvalue weighted by Crippen LogP contribution is -2.24. The van der Waals surface area contributed by atoms with E-state index in [1.807, 2.05) is 30.3 Å². The predicted molar refractivity (Wildman–Crippen MR) is 101 cm³/mol.